The Morgan fingerprint density at radius 3 is 2.55 bits per heavy atom. The maximum Gasteiger partial charge on any atom is 0.229 e. The Morgan fingerprint density at radius 1 is 1.10 bits per heavy atom. The fourth-order valence-corrected chi connectivity index (χ4v) is 2.96. The van der Waals surface area contributed by atoms with Crippen molar-refractivity contribution in [2.75, 3.05) is 10.2 Å². The van der Waals surface area contributed by atoms with Crippen LogP contribution in [-0.4, -0.2) is 16.8 Å². The minimum Gasteiger partial charge on any atom is -0.326 e. The number of benzene rings is 2. The summed E-state index contributed by atoms with van der Waals surface area (Å²) in [5.41, 5.74) is 0.881. The molecule has 1 aromatic heterocycles. The molecule has 0 saturated carbocycles. The number of anilines is 3. The van der Waals surface area contributed by atoms with E-state index in [1.807, 2.05) is 0 Å². The molecule has 0 radical (unpaired) electrons. The SMILES string of the molecule is CC(=O)N(c1cc(NC(=O)Cc2ccccc2Cl)ccn1)c1ccc(F)cc1F. The van der Waals surface area contributed by atoms with Gasteiger partial charge in [0.2, 0.25) is 11.8 Å². The van der Waals surface area contributed by atoms with Crippen LogP contribution in [0.15, 0.2) is 60.8 Å². The highest BCUT2D eigenvalue weighted by Crippen LogP contribution is 2.28. The minimum atomic E-state index is -0.907. The van der Waals surface area contributed by atoms with E-state index in [1.54, 1.807) is 24.3 Å². The predicted molar refractivity (Wildman–Crippen MR) is 107 cm³/mol. The monoisotopic (exact) mass is 415 g/mol. The molecule has 0 aliphatic heterocycles. The molecule has 0 aliphatic rings. The molecule has 0 bridgehead atoms. The molecule has 0 saturated heterocycles. The zero-order chi connectivity index (χ0) is 21.0. The van der Waals surface area contributed by atoms with Gasteiger partial charge in [-0.25, -0.2) is 13.8 Å². The van der Waals surface area contributed by atoms with E-state index in [9.17, 15) is 18.4 Å². The Kier molecular flexibility index (Phi) is 6.19. The Bertz CT molecular complexity index is 1080. The van der Waals surface area contributed by atoms with Crippen LogP contribution in [0.2, 0.25) is 5.02 Å². The molecular formula is C21H16ClF2N3O2. The van der Waals surface area contributed by atoms with Gasteiger partial charge in [0.1, 0.15) is 17.5 Å². The van der Waals surface area contributed by atoms with Crippen molar-refractivity contribution >= 4 is 40.6 Å². The van der Waals surface area contributed by atoms with Gasteiger partial charge in [0.25, 0.3) is 0 Å². The average Bonchev–Trinajstić information content (AvgIpc) is 2.66. The second-order valence-corrected chi connectivity index (χ2v) is 6.58. The van der Waals surface area contributed by atoms with E-state index in [-0.39, 0.29) is 23.8 Å². The highest BCUT2D eigenvalue weighted by Gasteiger charge is 2.20. The van der Waals surface area contributed by atoms with Crippen molar-refractivity contribution < 1.29 is 18.4 Å². The number of nitrogens with one attached hydrogen (secondary N) is 1. The highest BCUT2D eigenvalue weighted by atomic mass is 35.5. The van der Waals surface area contributed by atoms with Crippen LogP contribution >= 0.6 is 11.6 Å². The highest BCUT2D eigenvalue weighted by molar-refractivity contribution is 6.31. The van der Waals surface area contributed by atoms with E-state index in [2.05, 4.69) is 10.3 Å². The topological polar surface area (TPSA) is 62.3 Å². The van der Waals surface area contributed by atoms with Crippen LogP contribution in [-0.2, 0) is 16.0 Å². The van der Waals surface area contributed by atoms with Gasteiger partial charge in [-0.3, -0.25) is 14.5 Å². The normalized spacial score (nSPS) is 10.5. The summed E-state index contributed by atoms with van der Waals surface area (Å²) in [7, 11) is 0. The first-order valence-electron chi connectivity index (χ1n) is 8.60. The molecule has 8 heteroatoms. The molecule has 1 N–H and O–H groups in total. The van der Waals surface area contributed by atoms with Crippen LogP contribution in [0, 0.1) is 11.6 Å². The van der Waals surface area contributed by atoms with E-state index >= 15 is 0 Å². The maximum absolute atomic E-state index is 14.2. The van der Waals surface area contributed by atoms with Crippen molar-refractivity contribution in [1.29, 1.82) is 0 Å². The summed E-state index contributed by atoms with van der Waals surface area (Å²) < 4.78 is 27.4. The molecule has 0 spiro atoms. The first-order valence-corrected chi connectivity index (χ1v) is 8.98. The van der Waals surface area contributed by atoms with Crippen LogP contribution in [0.5, 0.6) is 0 Å². The van der Waals surface area contributed by atoms with Crippen molar-refractivity contribution in [1.82, 2.24) is 4.98 Å². The number of rotatable bonds is 5. The molecule has 0 unspecified atom stereocenters. The number of aromatic nitrogens is 1. The van der Waals surface area contributed by atoms with Crippen molar-refractivity contribution in [2.24, 2.45) is 0 Å². The second kappa shape index (κ2) is 8.79. The Labute approximate surface area is 170 Å². The third-order valence-corrected chi connectivity index (χ3v) is 4.40. The molecule has 3 aromatic rings. The Hall–Kier alpha value is -3.32. The number of nitrogens with zero attached hydrogens (tertiary/aromatic N) is 2. The lowest BCUT2D eigenvalue weighted by Crippen LogP contribution is -2.25. The molecule has 3 rings (SSSR count). The van der Waals surface area contributed by atoms with Gasteiger partial charge in [-0.2, -0.15) is 0 Å². The quantitative estimate of drug-likeness (QED) is 0.646. The zero-order valence-corrected chi connectivity index (χ0v) is 16.1. The Balaban J connectivity index is 1.84. The zero-order valence-electron chi connectivity index (χ0n) is 15.3. The average molecular weight is 416 g/mol. The maximum atomic E-state index is 14.2. The molecule has 1 heterocycles. The summed E-state index contributed by atoms with van der Waals surface area (Å²) >= 11 is 6.07. The third kappa shape index (κ3) is 4.94. The van der Waals surface area contributed by atoms with E-state index in [0.717, 1.165) is 17.0 Å². The van der Waals surface area contributed by atoms with E-state index in [1.165, 1.54) is 25.3 Å². The number of amides is 2. The number of carbonyl (C=O) groups is 2. The first kappa shape index (κ1) is 20.4. The van der Waals surface area contributed by atoms with Crippen molar-refractivity contribution in [3.63, 3.8) is 0 Å². The molecule has 148 valence electrons. The van der Waals surface area contributed by atoms with Gasteiger partial charge in [0.05, 0.1) is 12.1 Å². The molecule has 0 atom stereocenters. The smallest absolute Gasteiger partial charge is 0.229 e. The van der Waals surface area contributed by atoms with Gasteiger partial charge < -0.3 is 5.32 Å². The van der Waals surface area contributed by atoms with Crippen LogP contribution in [0.1, 0.15) is 12.5 Å². The predicted octanol–water partition coefficient (Wildman–Crippen LogP) is 4.88. The van der Waals surface area contributed by atoms with Gasteiger partial charge in [0, 0.05) is 36.0 Å². The van der Waals surface area contributed by atoms with Gasteiger partial charge in [-0.05, 0) is 29.8 Å². The van der Waals surface area contributed by atoms with Gasteiger partial charge in [-0.15, -0.1) is 0 Å². The number of halogens is 3. The molecule has 2 aromatic carbocycles. The van der Waals surface area contributed by atoms with Crippen molar-refractivity contribution in [2.45, 2.75) is 13.3 Å². The fourth-order valence-electron chi connectivity index (χ4n) is 2.76. The van der Waals surface area contributed by atoms with Crippen LogP contribution in [0.4, 0.5) is 26.0 Å². The summed E-state index contributed by atoms with van der Waals surface area (Å²) in [5.74, 6) is -2.43. The summed E-state index contributed by atoms with van der Waals surface area (Å²) in [5, 5.41) is 3.18. The lowest BCUT2D eigenvalue weighted by atomic mass is 10.1. The van der Waals surface area contributed by atoms with E-state index in [4.69, 9.17) is 11.6 Å². The molecular weight excluding hydrogens is 400 g/mol. The first-order chi connectivity index (χ1) is 13.8. The van der Waals surface area contributed by atoms with Crippen molar-refractivity contribution in [3.8, 4) is 0 Å². The standard InChI is InChI=1S/C21H16ClF2N3O2/c1-13(28)27(19-7-6-15(23)11-18(19)24)20-12-16(8-9-25-20)26-21(29)10-14-4-2-3-5-17(14)22/h2-9,11-12H,10H2,1H3,(H,25,26,29). The lowest BCUT2D eigenvalue weighted by molar-refractivity contribution is -0.116. The number of carbonyl (C=O) groups excluding carboxylic acids is 2. The summed E-state index contributed by atoms with van der Waals surface area (Å²) in [4.78, 5) is 29.5. The van der Waals surface area contributed by atoms with E-state index < -0.39 is 17.5 Å². The number of hydrogen-bond acceptors (Lipinski definition) is 3. The lowest BCUT2D eigenvalue weighted by Gasteiger charge is -2.21. The summed E-state index contributed by atoms with van der Waals surface area (Å²) in [6, 6.07) is 12.8. The molecule has 0 fully saturated rings. The fraction of sp³-hybridized carbons (Fsp3) is 0.0952. The van der Waals surface area contributed by atoms with Crippen LogP contribution < -0.4 is 10.2 Å². The van der Waals surface area contributed by atoms with Gasteiger partial charge in [-0.1, -0.05) is 29.8 Å². The van der Waals surface area contributed by atoms with Crippen LogP contribution in [0.3, 0.4) is 0 Å². The molecule has 2 amide bonds. The number of hydrogen-bond donors (Lipinski definition) is 1. The number of pyridine rings is 1. The summed E-state index contributed by atoms with van der Waals surface area (Å²) in [6.45, 7) is 1.23. The molecule has 0 aliphatic carbocycles. The van der Waals surface area contributed by atoms with Crippen molar-refractivity contribution in [3.05, 3.63) is 83.0 Å². The Morgan fingerprint density at radius 2 is 1.86 bits per heavy atom. The molecule has 5 nitrogen and oxygen atoms in total. The van der Waals surface area contributed by atoms with Gasteiger partial charge in [0.15, 0.2) is 0 Å². The van der Waals surface area contributed by atoms with E-state index in [0.29, 0.717) is 22.3 Å². The third-order valence-electron chi connectivity index (χ3n) is 4.03. The minimum absolute atomic E-state index is 0.0559. The van der Waals surface area contributed by atoms with Crippen LogP contribution in [0.25, 0.3) is 0 Å². The second-order valence-electron chi connectivity index (χ2n) is 6.17. The summed E-state index contributed by atoms with van der Waals surface area (Å²) in [6.07, 6.45) is 1.43. The molecule has 29 heavy (non-hydrogen) atoms. The largest absolute Gasteiger partial charge is 0.326 e. The van der Waals surface area contributed by atoms with Gasteiger partial charge >= 0.3 is 0 Å².